The molecule has 2 rings (SSSR count). The summed E-state index contributed by atoms with van der Waals surface area (Å²) in [5, 5.41) is 6.91. The highest BCUT2D eigenvalue weighted by Gasteiger charge is 2.14. The molecule has 0 atom stereocenters. The fourth-order valence-corrected chi connectivity index (χ4v) is 2.62. The van der Waals surface area contributed by atoms with Crippen molar-refractivity contribution in [2.45, 2.75) is 6.42 Å². The van der Waals surface area contributed by atoms with E-state index in [-0.39, 0.29) is 22.3 Å². The van der Waals surface area contributed by atoms with Crippen molar-refractivity contribution in [3.05, 3.63) is 46.5 Å². The van der Waals surface area contributed by atoms with Gasteiger partial charge in [0.25, 0.3) is 11.8 Å². The van der Waals surface area contributed by atoms with E-state index in [4.69, 9.17) is 0 Å². The van der Waals surface area contributed by atoms with Gasteiger partial charge in [-0.05, 0) is 45.3 Å². The van der Waals surface area contributed by atoms with Crippen LogP contribution in [0.25, 0.3) is 0 Å². The fraction of sp³-hybridized carbons (Fsp3) is 0.312. The van der Waals surface area contributed by atoms with Gasteiger partial charge < -0.3 is 10.2 Å². The van der Waals surface area contributed by atoms with Crippen LogP contribution in [0.1, 0.15) is 27.3 Å². The van der Waals surface area contributed by atoms with Gasteiger partial charge >= 0.3 is 0 Å². The Balaban J connectivity index is 1.91. The number of hydrogen-bond donors (Lipinski definition) is 2. The Kier molecular flexibility index (Phi) is 6.54. The molecular formula is C16H18F2N4O2S. The van der Waals surface area contributed by atoms with Crippen molar-refractivity contribution >= 4 is 28.3 Å². The van der Waals surface area contributed by atoms with Gasteiger partial charge in [-0.25, -0.2) is 13.8 Å². The number of nitrogens with zero attached hydrogens (tertiary/aromatic N) is 2. The van der Waals surface area contributed by atoms with E-state index in [2.05, 4.69) is 15.6 Å². The van der Waals surface area contributed by atoms with Crippen molar-refractivity contribution in [3.63, 3.8) is 0 Å². The number of thiazole rings is 1. The monoisotopic (exact) mass is 368 g/mol. The smallest absolute Gasteiger partial charge is 0.270 e. The number of amides is 2. The molecule has 0 spiro atoms. The second kappa shape index (κ2) is 8.63. The van der Waals surface area contributed by atoms with Gasteiger partial charge in [-0.2, -0.15) is 0 Å². The fourth-order valence-electron chi connectivity index (χ4n) is 1.93. The summed E-state index contributed by atoms with van der Waals surface area (Å²) >= 11 is 1.07. The number of benzene rings is 1. The van der Waals surface area contributed by atoms with Gasteiger partial charge in [0.1, 0.15) is 5.69 Å². The molecule has 0 radical (unpaired) electrons. The third-order valence-corrected chi connectivity index (χ3v) is 3.96. The number of nitrogens with one attached hydrogen (secondary N) is 2. The van der Waals surface area contributed by atoms with Gasteiger partial charge in [0.15, 0.2) is 16.8 Å². The largest absolute Gasteiger partial charge is 0.351 e. The maximum atomic E-state index is 13.2. The second-order valence-corrected chi connectivity index (χ2v) is 6.39. The zero-order valence-electron chi connectivity index (χ0n) is 13.8. The molecule has 1 aromatic carbocycles. The summed E-state index contributed by atoms with van der Waals surface area (Å²) in [5.41, 5.74) is 0.152. The summed E-state index contributed by atoms with van der Waals surface area (Å²) in [5.74, 6) is -3.10. The molecule has 0 saturated heterocycles. The van der Waals surface area contributed by atoms with Gasteiger partial charge in [-0.15, -0.1) is 11.3 Å². The summed E-state index contributed by atoms with van der Waals surface area (Å²) in [6, 6.07) is 2.84. The summed E-state index contributed by atoms with van der Waals surface area (Å²) in [6.07, 6.45) is 0.808. The lowest BCUT2D eigenvalue weighted by Gasteiger charge is -2.09. The SMILES string of the molecule is CN(C)CCCNC(=O)c1csc(NC(=O)c2ccc(F)c(F)c2)n1. The lowest BCUT2D eigenvalue weighted by atomic mass is 10.2. The molecule has 9 heteroatoms. The van der Waals surface area contributed by atoms with E-state index in [0.717, 1.165) is 36.4 Å². The summed E-state index contributed by atoms with van der Waals surface area (Å²) in [4.78, 5) is 30.0. The quantitative estimate of drug-likeness (QED) is 0.736. The predicted molar refractivity (Wildman–Crippen MR) is 91.9 cm³/mol. The average Bonchev–Trinajstić information content (AvgIpc) is 3.02. The van der Waals surface area contributed by atoms with E-state index < -0.39 is 17.5 Å². The molecule has 25 heavy (non-hydrogen) atoms. The molecule has 1 heterocycles. The normalized spacial score (nSPS) is 10.8. The molecule has 134 valence electrons. The molecule has 0 aliphatic carbocycles. The van der Waals surface area contributed by atoms with Crippen molar-refractivity contribution in [1.82, 2.24) is 15.2 Å². The first kappa shape index (κ1) is 18.9. The molecular weight excluding hydrogens is 350 g/mol. The van der Waals surface area contributed by atoms with Crippen LogP contribution >= 0.6 is 11.3 Å². The molecule has 0 unspecified atom stereocenters. The Hall–Kier alpha value is -2.39. The van der Waals surface area contributed by atoms with Crippen LogP contribution in [0.2, 0.25) is 0 Å². The lowest BCUT2D eigenvalue weighted by Crippen LogP contribution is -2.27. The molecule has 0 bridgehead atoms. The Morgan fingerprint density at radius 1 is 1.20 bits per heavy atom. The first-order chi connectivity index (χ1) is 11.9. The maximum absolute atomic E-state index is 13.2. The van der Waals surface area contributed by atoms with E-state index in [9.17, 15) is 18.4 Å². The van der Waals surface area contributed by atoms with Gasteiger partial charge in [-0.3, -0.25) is 14.9 Å². The first-order valence-electron chi connectivity index (χ1n) is 7.51. The number of aromatic nitrogens is 1. The van der Waals surface area contributed by atoms with Crippen molar-refractivity contribution in [2.24, 2.45) is 0 Å². The van der Waals surface area contributed by atoms with Crippen LogP contribution in [0.15, 0.2) is 23.6 Å². The highest BCUT2D eigenvalue weighted by Crippen LogP contribution is 2.17. The summed E-state index contributed by atoms with van der Waals surface area (Å²) in [7, 11) is 3.90. The molecule has 1 aromatic heterocycles. The molecule has 0 aliphatic rings. The maximum Gasteiger partial charge on any atom is 0.270 e. The van der Waals surface area contributed by atoms with E-state index in [1.165, 1.54) is 11.4 Å². The molecule has 0 fully saturated rings. The molecule has 2 aromatic rings. The van der Waals surface area contributed by atoms with Crippen LogP contribution in [0, 0.1) is 11.6 Å². The van der Waals surface area contributed by atoms with E-state index in [1.54, 1.807) is 0 Å². The summed E-state index contributed by atoms with van der Waals surface area (Å²) < 4.78 is 26.1. The minimum absolute atomic E-state index is 0.0382. The van der Waals surface area contributed by atoms with Crippen LogP contribution in [0.5, 0.6) is 0 Å². The molecule has 2 amide bonds. The highest BCUT2D eigenvalue weighted by atomic mass is 32.1. The Labute approximate surface area is 147 Å². The van der Waals surface area contributed by atoms with Crippen molar-refractivity contribution in [1.29, 1.82) is 0 Å². The predicted octanol–water partition coefficient (Wildman–Crippen LogP) is 2.36. The molecule has 0 saturated carbocycles. The number of carbonyl (C=O) groups excluding carboxylic acids is 2. The number of anilines is 1. The van der Waals surface area contributed by atoms with E-state index >= 15 is 0 Å². The van der Waals surface area contributed by atoms with E-state index in [0.29, 0.717) is 6.54 Å². The minimum Gasteiger partial charge on any atom is -0.351 e. The second-order valence-electron chi connectivity index (χ2n) is 5.53. The van der Waals surface area contributed by atoms with Crippen LogP contribution in [-0.4, -0.2) is 48.9 Å². The van der Waals surface area contributed by atoms with Crippen molar-refractivity contribution < 1.29 is 18.4 Å². The molecule has 2 N–H and O–H groups in total. The zero-order valence-corrected chi connectivity index (χ0v) is 14.6. The van der Waals surface area contributed by atoms with Crippen molar-refractivity contribution in [3.8, 4) is 0 Å². The minimum atomic E-state index is -1.11. The van der Waals surface area contributed by atoms with Crippen LogP contribution < -0.4 is 10.6 Å². The Morgan fingerprint density at radius 2 is 1.96 bits per heavy atom. The van der Waals surface area contributed by atoms with Crippen molar-refractivity contribution in [2.75, 3.05) is 32.5 Å². The standard InChI is InChI=1S/C16H18F2N4O2S/c1-22(2)7-3-6-19-15(24)13-9-25-16(20-13)21-14(23)10-4-5-11(17)12(18)8-10/h4-5,8-9H,3,6-7H2,1-2H3,(H,19,24)(H,20,21,23). The summed E-state index contributed by atoms with van der Waals surface area (Å²) in [6.45, 7) is 1.37. The average molecular weight is 368 g/mol. The van der Waals surface area contributed by atoms with Crippen LogP contribution in [-0.2, 0) is 0 Å². The lowest BCUT2D eigenvalue weighted by molar-refractivity contribution is 0.0946. The van der Waals surface area contributed by atoms with Crippen LogP contribution in [0.3, 0.4) is 0 Å². The number of halogens is 2. The number of rotatable bonds is 7. The number of hydrogen-bond acceptors (Lipinski definition) is 5. The van der Waals surface area contributed by atoms with Gasteiger partial charge in [0.2, 0.25) is 0 Å². The van der Waals surface area contributed by atoms with Crippen LogP contribution in [0.4, 0.5) is 13.9 Å². The van der Waals surface area contributed by atoms with Gasteiger partial charge in [0, 0.05) is 17.5 Å². The third kappa shape index (κ3) is 5.57. The zero-order chi connectivity index (χ0) is 18.4. The Bertz CT molecular complexity index is 764. The Morgan fingerprint density at radius 3 is 2.64 bits per heavy atom. The topological polar surface area (TPSA) is 74.3 Å². The third-order valence-electron chi connectivity index (χ3n) is 3.21. The van der Waals surface area contributed by atoms with E-state index in [1.807, 2.05) is 19.0 Å². The van der Waals surface area contributed by atoms with Gasteiger partial charge in [0.05, 0.1) is 0 Å². The number of carbonyl (C=O) groups is 2. The molecule has 6 nitrogen and oxygen atoms in total. The molecule has 0 aliphatic heterocycles. The highest BCUT2D eigenvalue weighted by molar-refractivity contribution is 7.14. The van der Waals surface area contributed by atoms with Gasteiger partial charge in [-0.1, -0.05) is 0 Å². The first-order valence-corrected chi connectivity index (χ1v) is 8.39.